The Morgan fingerprint density at radius 1 is 1.17 bits per heavy atom. The predicted octanol–water partition coefficient (Wildman–Crippen LogP) is 3.91. The molecule has 3 aromatic rings. The molecule has 1 N–H and O–H groups in total. The van der Waals surface area contributed by atoms with Crippen molar-refractivity contribution >= 4 is 5.78 Å². The maximum absolute atomic E-state index is 12.9. The molecule has 0 amide bonds. The van der Waals surface area contributed by atoms with Gasteiger partial charge in [-0.2, -0.15) is 5.26 Å². The summed E-state index contributed by atoms with van der Waals surface area (Å²) in [6, 6.07) is 17.6. The number of hydrogen-bond donors (Lipinski definition) is 1. The zero-order chi connectivity index (χ0) is 21.8. The van der Waals surface area contributed by atoms with Gasteiger partial charge in [-0.3, -0.25) is 14.2 Å². The van der Waals surface area contributed by atoms with Gasteiger partial charge in [0.05, 0.1) is 11.6 Å². The molecule has 0 radical (unpaired) electrons. The Morgan fingerprint density at radius 2 is 1.87 bits per heavy atom. The molecule has 0 fully saturated rings. The van der Waals surface area contributed by atoms with Crippen molar-refractivity contribution in [3.63, 3.8) is 0 Å². The second-order valence-corrected chi connectivity index (χ2v) is 7.10. The van der Waals surface area contributed by atoms with E-state index in [-0.39, 0.29) is 23.3 Å². The number of benzene rings is 2. The first-order chi connectivity index (χ1) is 14.3. The minimum atomic E-state index is -0.639. The largest absolute Gasteiger partial charge is 0.494 e. The molecule has 0 bridgehead atoms. The Kier molecular flexibility index (Phi) is 6.03. The van der Waals surface area contributed by atoms with Gasteiger partial charge in [-0.1, -0.05) is 42.5 Å². The number of ether oxygens (including phenoxy) is 1. The molecule has 1 aromatic heterocycles. The molecule has 2 aromatic carbocycles. The number of nitriles is 1. The van der Waals surface area contributed by atoms with E-state index in [1.807, 2.05) is 55.5 Å². The van der Waals surface area contributed by atoms with Gasteiger partial charge >= 0.3 is 0 Å². The summed E-state index contributed by atoms with van der Waals surface area (Å²) < 4.78 is 6.65. The Bertz CT molecular complexity index is 1190. The Morgan fingerprint density at radius 3 is 2.50 bits per heavy atom. The lowest BCUT2D eigenvalue weighted by Gasteiger charge is -2.21. The molecular weight excluding hydrogens is 380 g/mol. The number of rotatable bonds is 6. The van der Waals surface area contributed by atoms with Crippen LogP contribution in [0.4, 0.5) is 0 Å². The van der Waals surface area contributed by atoms with Crippen molar-refractivity contribution in [1.82, 2.24) is 4.57 Å². The molecule has 0 spiro atoms. The average Bonchev–Trinajstić information content (AvgIpc) is 2.73. The molecule has 0 aliphatic carbocycles. The summed E-state index contributed by atoms with van der Waals surface area (Å²) in [6.45, 7) is 4.78. The highest BCUT2D eigenvalue weighted by Gasteiger charge is 2.26. The van der Waals surface area contributed by atoms with E-state index in [0.717, 1.165) is 15.7 Å². The van der Waals surface area contributed by atoms with E-state index in [0.29, 0.717) is 5.75 Å². The summed E-state index contributed by atoms with van der Waals surface area (Å²) in [5, 5.41) is 20.4. The van der Waals surface area contributed by atoms with E-state index in [2.05, 4.69) is 0 Å². The number of aromatic nitrogens is 1. The van der Waals surface area contributed by atoms with Crippen LogP contribution >= 0.6 is 0 Å². The van der Waals surface area contributed by atoms with Crippen molar-refractivity contribution in [3.8, 4) is 17.7 Å². The molecular formula is C24H22N2O4. The van der Waals surface area contributed by atoms with Crippen LogP contribution in [0.15, 0.2) is 59.4 Å². The van der Waals surface area contributed by atoms with Crippen molar-refractivity contribution in [3.05, 3.63) is 92.8 Å². The molecule has 30 heavy (non-hydrogen) atoms. The second kappa shape index (κ2) is 8.66. The van der Waals surface area contributed by atoms with Crippen LogP contribution in [0.3, 0.4) is 0 Å². The van der Waals surface area contributed by atoms with Crippen LogP contribution in [0.2, 0.25) is 0 Å². The zero-order valence-corrected chi connectivity index (χ0v) is 17.0. The summed E-state index contributed by atoms with van der Waals surface area (Å²) in [4.78, 5) is 25.8. The number of Topliss-reactive ketones (excluding diaryl/α,β-unsaturated/α-hetero) is 1. The molecule has 6 nitrogen and oxygen atoms in total. The van der Waals surface area contributed by atoms with Gasteiger partial charge in [0.1, 0.15) is 17.4 Å². The molecule has 0 aliphatic heterocycles. The normalized spacial score (nSPS) is 11.5. The third kappa shape index (κ3) is 3.96. The fourth-order valence-electron chi connectivity index (χ4n) is 3.42. The van der Waals surface area contributed by atoms with Crippen LogP contribution in [0.5, 0.6) is 11.6 Å². The van der Waals surface area contributed by atoms with E-state index in [4.69, 9.17) is 4.74 Å². The molecule has 0 saturated heterocycles. The molecule has 1 heterocycles. The van der Waals surface area contributed by atoms with Crippen LogP contribution in [-0.2, 0) is 0 Å². The number of pyridine rings is 1. The lowest BCUT2D eigenvalue weighted by atomic mass is 10.00. The first-order valence-electron chi connectivity index (χ1n) is 9.51. The first kappa shape index (κ1) is 20.9. The van der Waals surface area contributed by atoms with Crippen molar-refractivity contribution in [2.45, 2.75) is 26.8 Å². The fourth-order valence-corrected chi connectivity index (χ4v) is 3.42. The van der Waals surface area contributed by atoms with Crippen LogP contribution in [0, 0.1) is 25.2 Å². The minimum absolute atomic E-state index is 0.0819. The van der Waals surface area contributed by atoms with Crippen molar-refractivity contribution < 1.29 is 14.6 Å². The van der Waals surface area contributed by atoms with Gasteiger partial charge in [-0.15, -0.1) is 0 Å². The van der Waals surface area contributed by atoms with Crippen molar-refractivity contribution in [2.75, 3.05) is 6.61 Å². The van der Waals surface area contributed by atoms with Crippen molar-refractivity contribution in [1.29, 1.82) is 5.26 Å². The third-order valence-corrected chi connectivity index (χ3v) is 5.05. The SMILES string of the molecule is Cc1cccc(OCC(=O)c2c(C)c(C#N)c(=O)n(C(C)c3ccccc3)c2O)c1. The predicted molar refractivity (Wildman–Crippen MR) is 113 cm³/mol. The topological polar surface area (TPSA) is 92.3 Å². The number of carbonyl (C=O) groups excluding carboxylic acids is 1. The maximum Gasteiger partial charge on any atom is 0.272 e. The number of hydrogen-bond acceptors (Lipinski definition) is 5. The van der Waals surface area contributed by atoms with Gasteiger partial charge in [0.2, 0.25) is 11.7 Å². The van der Waals surface area contributed by atoms with Gasteiger partial charge < -0.3 is 9.84 Å². The summed E-state index contributed by atoms with van der Waals surface area (Å²) in [5.41, 5.74) is 0.999. The molecule has 6 heteroatoms. The number of ketones is 1. The van der Waals surface area contributed by atoms with E-state index in [9.17, 15) is 20.0 Å². The zero-order valence-electron chi connectivity index (χ0n) is 17.0. The standard InChI is InChI=1S/C24H22N2O4/c1-15-8-7-11-19(12-15)30-14-21(27)22-16(2)20(13-25)23(28)26(24(22)29)17(3)18-9-5-4-6-10-18/h4-12,17,29H,14H2,1-3H3. The monoisotopic (exact) mass is 402 g/mol. The molecule has 3 rings (SSSR count). The molecule has 152 valence electrons. The Labute approximate surface area is 174 Å². The Balaban J connectivity index is 2.05. The maximum atomic E-state index is 12.9. The lowest BCUT2D eigenvalue weighted by molar-refractivity contribution is 0.0916. The van der Waals surface area contributed by atoms with Gasteiger partial charge in [0.25, 0.3) is 5.56 Å². The molecule has 1 unspecified atom stereocenters. The summed E-state index contributed by atoms with van der Waals surface area (Å²) in [5.74, 6) is -0.463. The Hall–Kier alpha value is -3.85. The van der Waals surface area contributed by atoms with Crippen LogP contribution < -0.4 is 10.3 Å². The number of nitrogens with zero attached hydrogens (tertiary/aromatic N) is 2. The van der Waals surface area contributed by atoms with Gasteiger partial charge in [0.15, 0.2) is 6.61 Å². The highest BCUT2D eigenvalue weighted by molar-refractivity contribution is 6.01. The number of aryl methyl sites for hydroxylation is 1. The van der Waals surface area contributed by atoms with Crippen LogP contribution in [0.25, 0.3) is 0 Å². The highest BCUT2D eigenvalue weighted by Crippen LogP contribution is 2.28. The second-order valence-electron chi connectivity index (χ2n) is 7.10. The van der Waals surface area contributed by atoms with Gasteiger partial charge in [-0.05, 0) is 49.6 Å². The number of carbonyl (C=O) groups is 1. The van der Waals surface area contributed by atoms with E-state index >= 15 is 0 Å². The quantitative estimate of drug-likeness (QED) is 0.631. The fraction of sp³-hybridized carbons (Fsp3) is 0.208. The van der Waals surface area contributed by atoms with Gasteiger partial charge in [0, 0.05) is 0 Å². The van der Waals surface area contributed by atoms with Crippen molar-refractivity contribution in [2.24, 2.45) is 0 Å². The van der Waals surface area contributed by atoms with E-state index in [1.54, 1.807) is 19.1 Å². The average molecular weight is 402 g/mol. The lowest BCUT2D eigenvalue weighted by Crippen LogP contribution is -2.30. The minimum Gasteiger partial charge on any atom is -0.494 e. The van der Waals surface area contributed by atoms with Gasteiger partial charge in [-0.25, -0.2) is 0 Å². The first-order valence-corrected chi connectivity index (χ1v) is 9.51. The highest BCUT2D eigenvalue weighted by atomic mass is 16.5. The van der Waals surface area contributed by atoms with Crippen LogP contribution in [-0.4, -0.2) is 22.1 Å². The van der Waals surface area contributed by atoms with E-state index < -0.39 is 23.3 Å². The summed E-state index contributed by atoms with van der Waals surface area (Å²) >= 11 is 0. The molecule has 0 aliphatic rings. The molecule has 0 saturated carbocycles. The van der Waals surface area contributed by atoms with Crippen LogP contribution in [0.1, 0.15) is 45.6 Å². The molecule has 1 atom stereocenters. The summed E-state index contributed by atoms with van der Waals surface area (Å²) in [6.07, 6.45) is 0. The smallest absolute Gasteiger partial charge is 0.272 e. The number of aromatic hydroxyl groups is 1. The third-order valence-electron chi connectivity index (χ3n) is 5.05. The summed E-state index contributed by atoms with van der Waals surface area (Å²) in [7, 11) is 0. The van der Waals surface area contributed by atoms with E-state index in [1.165, 1.54) is 6.92 Å².